The van der Waals surface area contributed by atoms with Crippen molar-refractivity contribution in [2.75, 3.05) is 20.8 Å². The fourth-order valence-corrected chi connectivity index (χ4v) is 4.40. The van der Waals surface area contributed by atoms with Crippen LogP contribution in [0.5, 0.6) is 11.5 Å². The van der Waals surface area contributed by atoms with Crippen molar-refractivity contribution in [3.8, 4) is 11.5 Å². The molecule has 0 saturated carbocycles. The van der Waals surface area contributed by atoms with Gasteiger partial charge in [-0.1, -0.05) is 35.9 Å². The lowest BCUT2D eigenvalue weighted by molar-refractivity contribution is -0.109. The molecule has 6 heteroatoms. The molecule has 2 aliphatic rings. The van der Waals surface area contributed by atoms with Crippen LogP contribution in [0, 0.1) is 0 Å². The second-order valence-corrected chi connectivity index (χ2v) is 8.00. The first-order valence-corrected chi connectivity index (χ1v) is 10.7. The first-order valence-electron chi connectivity index (χ1n) is 10.7. The van der Waals surface area contributed by atoms with Crippen LogP contribution in [0.15, 0.2) is 60.2 Å². The summed E-state index contributed by atoms with van der Waals surface area (Å²) in [6, 6.07) is 14.4. The van der Waals surface area contributed by atoms with Gasteiger partial charge < -0.3 is 19.3 Å². The van der Waals surface area contributed by atoms with Crippen LogP contribution in [-0.4, -0.2) is 36.9 Å². The smallest absolute Gasteiger partial charge is 0.413 e. The van der Waals surface area contributed by atoms with E-state index in [1.165, 1.54) is 23.3 Å². The Morgan fingerprint density at radius 1 is 1.03 bits per heavy atom. The van der Waals surface area contributed by atoms with Crippen molar-refractivity contribution >= 4 is 6.09 Å². The molecule has 1 heterocycles. The average Bonchev–Trinajstić information content (AvgIpc) is 3.09. The lowest BCUT2D eigenvalue weighted by Gasteiger charge is -2.35. The van der Waals surface area contributed by atoms with Crippen LogP contribution in [0.3, 0.4) is 0 Å². The Balaban J connectivity index is 1.69. The van der Waals surface area contributed by atoms with Gasteiger partial charge in [0.25, 0.3) is 0 Å². The van der Waals surface area contributed by atoms with E-state index < -0.39 is 17.9 Å². The van der Waals surface area contributed by atoms with Gasteiger partial charge in [-0.25, -0.2) is 4.79 Å². The van der Waals surface area contributed by atoms with Crippen LogP contribution in [0.4, 0.5) is 4.79 Å². The van der Waals surface area contributed by atoms with E-state index in [1.807, 2.05) is 12.1 Å². The molecule has 2 aromatic carbocycles. The van der Waals surface area contributed by atoms with Crippen LogP contribution in [0.1, 0.15) is 49.3 Å². The monoisotopic (exact) mass is 423 g/mol. The number of carbonyl (C=O) groups is 1. The van der Waals surface area contributed by atoms with Crippen LogP contribution in [0.25, 0.3) is 0 Å². The molecule has 4 rings (SSSR count). The lowest BCUT2D eigenvalue weighted by Crippen LogP contribution is -2.46. The maximum atomic E-state index is 12.9. The van der Waals surface area contributed by atoms with Crippen LogP contribution < -0.4 is 9.47 Å². The minimum atomic E-state index is -1.63. The molecule has 1 saturated heterocycles. The van der Waals surface area contributed by atoms with Gasteiger partial charge in [0.2, 0.25) is 5.72 Å². The Hall–Kier alpha value is -2.99. The number of benzene rings is 2. The van der Waals surface area contributed by atoms with E-state index >= 15 is 0 Å². The summed E-state index contributed by atoms with van der Waals surface area (Å²) in [7, 11) is 3.19. The molecule has 1 fully saturated rings. The van der Waals surface area contributed by atoms with E-state index in [0.717, 1.165) is 19.3 Å². The topological polar surface area (TPSA) is 68.2 Å². The molecule has 1 amide bonds. The molecule has 2 atom stereocenters. The standard InChI is InChI=1S/C25H29NO5/c1-29-21-12-8-19(9-13-21)23-25(28,20-10-14-22(30-2)15-11-20)26(24(27)31-23)17-16-18-6-4-3-5-7-18/h6,8-15,23,28H,3-5,7,16-17H2,1-2H3/t23-,25-/m0/s1. The summed E-state index contributed by atoms with van der Waals surface area (Å²) in [6.45, 7) is 0.389. The largest absolute Gasteiger partial charge is 0.497 e. The summed E-state index contributed by atoms with van der Waals surface area (Å²) in [4.78, 5) is 14.4. The first-order chi connectivity index (χ1) is 15.1. The normalized spacial score (nSPS) is 23.3. The van der Waals surface area contributed by atoms with Gasteiger partial charge in [-0.2, -0.15) is 0 Å². The van der Waals surface area contributed by atoms with E-state index in [9.17, 15) is 9.90 Å². The maximum absolute atomic E-state index is 12.9. The number of hydrogen-bond donors (Lipinski definition) is 1. The summed E-state index contributed by atoms with van der Waals surface area (Å²) in [5.41, 5.74) is 0.987. The van der Waals surface area contributed by atoms with Gasteiger partial charge in [-0.15, -0.1) is 0 Å². The number of ether oxygens (including phenoxy) is 3. The molecule has 1 N–H and O–H groups in total. The zero-order valence-corrected chi connectivity index (χ0v) is 18.0. The van der Waals surface area contributed by atoms with Crippen molar-refractivity contribution in [2.45, 2.75) is 43.9 Å². The van der Waals surface area contributed by atoms with Crippen LogP contribution in [0.2, 0.25) is 0 Å². The number of carbonyl (C=O) groups excluding carboxylic acids is 1. The van der Waals surface area contributed by atoms with Crippen molar-refractivity contribution in [1.82, 2.24) is 4.90 Å². The van der Waals surface area contributed by atoms with Crippen molar-refractivity contribution in [3.63, 3.8) is 0 Å². The highest BCUT2D eigenvalue weighted by Crippen LogP contribution is 2.47. The number of aliphatic hydroxyl groups is 1. The van der Waals surface area contributed by atoms with Gasteiger partial charge in [-0.05, 0) is 61.9 Å². The highest BCUT2D eigenvalue weighted by Gasteiger charge is 2.55. The predicted octanol–water partition coefficient (Wildman–Crippen LogP) is 4.93. The predicted molar refractivity (Wildman–Crippen MR) is 117 cm³/mol. The third-order valence-corrected chi connectivity index (χ3v) is 6.19. The number of allylic oxidation sites excluding steroid dienone is 1. The van der Waals surface area contributed by atoms with Gasteiger partial charge in [0.15, 0.2) is 6.10 Å². The highest BCUT2D eigenvalue weighted by atomic mass is 16.6. The number of methoxy groups -OCH3 is 2. The Morgan fingerprint density at radius 2 is 1.68 bits per heavy atom. The molecule has 1 aliphatic heterocycles. The Bertz CT molecular complexity index is 937. The highest BCUT2D eigenvalue weighted by molar-refractivity contribution is 5.72. The second kappa shape index (κ2) is 9.02. The SMILES string of the molecule is COc1ccc([C@@H]2OC(=O)N(CCC3=CCCCC3)[C@]2(O)c2ccc(OC)cc2)cc1. The molecule has 0 spiro atoms. The molecule has 0 aromatic heterocycles. The van der Waals surface area contributed by atoms with Gasteiger partial charge in [-0.3, -0.25) is 4.90 Å². The quantitative estimate of drug-likeness (QED) is 0.640. The Morgan fingerprint density at radius 3 is 2.26 bits per heavy atom. The van der Waals surface area contributed by atoms with E-state index in [-0.39, 0.29) is 0 Å². The van der Waals surface area contributed by atoms with Crippen LogP contribution in [-0.2, 0) is 10.5 Å². The zero-order valence-electron chi connectivity index (χ0n) is 18.0. The summed E-state index contributed by atoms with van der Waals surface area (Å²) >= 11 is 0. The Kier molecular flexibility index (Phi) is 6.18. The number of amides is 1. The van der Waals surface area contributed by atoms with E-state index in [4.69, 9.17) is 14.2 Å². The summed E-state index contributed by atoms with van der Waals surface area (Å²) in [5, 5.41) is 12.0. The van der Waals surface area contributed by atoms with Crippen molar-refractivity contribution in [1.29, 1.82) is 0 Å². The fraction of sp³-hybridized carbons (Fsp3) is 0.400. The van der Waals surface area contributed by atoms with Crippen LogP contribution >= 0.6 is 0 Å². The van der Waals surface area contributed by atoms with E-state index in [2.05, 4.69) is 6.08 Å². The molecule has 0 bridgehead atoms. The minimum Gasteiger partial charge on any atom is -0.497 e. The third kappa shape index (κ3) is 4.12. The summed E-state index contributed by atoms with van der Waals surface area (Å²) in [6.07, 6.45) is 6.12. The van der Waals surface area contributed by atoms with Gasteiger partial charge in [0.1, 0.15) is 11.5 Å². The number of cyclic esters (lactones) is 1. The molecule has 164 valence electrons. The van der Waals surface area contributed by atoms with Crippen molar-refractivity contribution in [2.24, 2.45) is 0 Å². The molecular weight excluding hydrogens is 394 g/mol. The number of nitrogens with zero attached hydrogens (tertiary/aromatic N) is 1. The molecule has 0 radical (unpaired) electrons. The van der Waals surface area contributed by atoms with E-state index in [1.54, 1.807) is 50.6 Å². The molecule has 2 aromatic rings. The summed E-state index contributed by atoms with van der Waals surface area (Å²) < 4.78 is 16.2. The molecule has 0 unspecified atom stereocenters. The molecule has 31 heavy (non-hydrogen) atoms. The molecular formula is C25H29NO5. The molecule has 6 nitrogen and oxygen atoms in total. The zero-order chi connectivity index (χ0) is 21.8. The van der Waals surface area contributed by atoms with E-state index in [0.29, 0.717) is 29.2 Å². The lowest BCUT2D eigenvalue weighted by atomic mass is 9.90. The van der Waals surface area contributed by atoms with Gasteiger partial charge in [0.05, 0.1) is 14.2 Å². The van der Waals surface area contributed by atoms with Crippen molar-refractivity contribution in [3.05, 3.63) is 71.3 Å². The number of hydrogen-bond acceptors (Lipinski definition) is 5. The van der Waals surface area contributed by atoms with Gasteiger partial charge in [0, 0.05) is 12.1 Å². The minimum absolute atomic E-state index is 0.389. The maximum Gasteiger partial charge on any atom is 0.413 e. The second-order valence-electron chi connectivity index (χ2n) is 8.00. The van der Waals surface area contributed by atoms with Crippen molar-refractivity contribution < 1.29 is 24.1 Å². The van der Waals surface area contributed by atoms with Gasteiger partial charge >= 0.3 is 6.09 Å². The first kappa shape index (κ1) is 21.2. The number of rotatable bonds is 7. The summed E-state index contributed by atoms with van der Waals surface area (Å²) in [5.74, 6) is 1.37. The third-order valence-electron chi connectivity index (χ3n) is 6.19. The molecule has 1 aliphatic carbocycles. The average molecular weight is 424 g/mol. The fourth-order valence-electron chi connectivity index (χ4n) is 4.40. The Labute approximate surface area is 183 Å².